The average Bonchev–Trinajstić information content (AvgIpc) is 2.05. The Balaban J connectivity index is 0.000001000. The molecular formula is C7H14ClNO2. The van der Waals surface area contributed by atoms with Crippen LogP contribution in [-0.4, -0.2) is 25.5 Å². The minimum atomic E-state index is 0. The third-order valence-corrected chi connectivity index (χ3v) is 1.82. The van der Waals surface area contributed by atoms with Gasteiger partial charge in [0, 0.05) is 12.5 Å². The van der Waals surface area contributed by atoms with Crippen molar-refractivity contribution in [1.82, 2.24) is 0 Å². The van der Waals surface area contributed by atoms with Gasteiger partial charge in [0.15, 0.2) is 5.78 Å². The van der Waals surface area contributed by atoms with Crippen molar-refractivity contribution in [1.29, 1.82) is 0 Å². The topological polar surface area (TPSA) is 52.3 Å². The molecule has 1 rings (SSSR count). The van der Waals surface area contributed by atoms with Gasteiger partial charge in [-0.3, -0.25) is 4.79 Å². The van der Waals surface area contributed by atoms with Crippen molar-refractivity contribution in [3.05, 3.63) is 0 Å². The largest absolute Gasteiger partial charge is 0.381 e. The fraction of sp³-hybridized carbons (Fsp3) is 0.857. The van der Waals surface area contributed by atoms with Gasteiger partial charge in [-0.2, -0.15) is 0 Å². The lowest BCUT2D eigenvalue weighted by Crippen LogP contribution is -2.30. The Labute approximate surface area is 72.7 Å². The van der Waals surface area contributed by atoms with Gasteiger partial charge in [0.1, 0.15) is 0 Å². The van der Waals surface area contributed by atoms with Gasteiger partial charge in [0.2, 0.25) is 0 Å². The molecule has 4 heteroatoms. The van der Waals surface area contributed by atoms with Gasteiger partial charge < -0.3 is 10.5 Å². The van der Waals surface area contributed by atoms with Crippen molar-refractivity contribution in [2.24, 2.45) is 11.7 Å². The van der Waals surface area contributed by atoms with Crippen LogP contribution in [0.15, 0.2) is 0 Å². The summed E-state index contributed by atoms with van der Waals surface area (Å²) in [5, 5.41) is 0. The summed E-state index contributed by atoms with van der Waals surface area (Å²) in [6.45, 7) is 1.54. The maximum absolute atomic E-state index is 11.0. The molecule has 0 aromatic heterocycles. The minimum Gasteiger partial charge on any atom is -0.381 e. The van der Waals surface area contributed by atoms with E-state index in [1.807, 2.05) is 0 Å². The maximum atomic E-state index is 11.0. The van der Waals surface area contributed by atoms with Crippen LogP contribution in [0.4, 0.5) is 0 Å². The van der Waals surface area contributed by atoms with Crippen LogP contribution < -0.4 is 5.73 Å². The Bertz CT molecular complexity index is 124. The monoisotopic (exact) mass is 179 g/mol. The van der Waals surface area contributed by atoms with Crippen LogP contribution in [-0.2, 0) is 9.53 Å². The number of Topliss-reactive ketones (excluding diaryl/α,β-unsaturated/α-hetero) is 1. The van der Waals surface area contributed by atoms with Crippen molar-refractivity contribution in [2.75, 3.05) is 19.8 Å². The zero-order chi connectivity index (χ0) is 7.40. The van der Waals surface area contributed by atoms with E-state index >= 15 is 0 Å². The summed E-state index contributed by atoms with van der Waals surface area (Å²) < 4.78 is 5.13. The number of hydrogen-bond acceptors (Lipinski definition) is 3. The second kappa shape index (κ2) is 5.52. The second-order valence-corrected chi connectivity index (χ2v) is 2.58. The molecule has 1 heterocycles. The fourth-order valence-electron chi connectivity index (χ4n) is 1.16. The van der Waals surface area contributed by atoms with E-state index in [9.17, 15) is 4.79 Å². The first-order chi connectivity index (χ1) is 4.84. The van der Waals surface area contributed by atoms with Crippen molar-refractivity contribution < 1.29 is 9.53 Å². The number of carbonyl (C=O) groups is 1. The van der Waals surface area contributed by atoms with Gasteiger partial charge in [-0.15, -0.1) is 12.4 Å². The molecule has 0 bridgehead atoms. The molecule has 0 amide bonds. The van der Waals surface area contributed by atoms with Crippen molar-refractivity contribution >= 4 is 18.2 Å². The summed E-state index contributed by atoms with van der Waals surface area (Å²) in [4.78, 5) is 11.0. The molecule has 11 heavy (non-hydrogen) atoms. The Morgan fingerprint density at radius 2 is 2.36 bits per heavy atom. The standard InChI is InChI=1S/C7H13NO2.ClH/c8-4-7(9)6-2-1-3-10-5-6;/h6H,1-5,8H2;1H. The summed E-state index contributed by atoms with van der Waals surface area (Å²) in [6.07, 6.45) is 1.95. The first-order valence-corrected chi connectivity index (χ1v) is 3.65. The van der Waals surface area contributed by atoms with E-state index in [1.165, 1.54) is 0 Å². The SMILES string of the molecule is Cl.NCC(=O)C1CCCOC1. The van der Waals surface area contributed by atoms with E-state index in [0.29, 0.717) is 6.61 Å². The highest BCUT2D eigenvalue weighted by molar-refractivity contribution is 5.85. The number of ketones is 1. The number of ether oxygens (including phenoxy) is 1. The van der Waals surface area contributed by atoms with Crippen LogP contribution in [0.2, 0.25) is 0 Å². The van der Waals surface area contributed by atoms with Gasteiger partial charge in [0.25, 0.3) is 0 Å². The normalized spacial score (nSPS) is 23.9. The van der Waals surface area contributed by atoms with Gasteiger partial charge in [-0.1, -0.05) is 0 Å². The molecule has 1 saturated heterocycles. The van der Waals surface area contributed by atoms with Crippen molar-refractivity contribution in [2.45, 2.75) is 12.8 Å². The Hall–Kier alpha value is -0.120. The maximum Gasteiger partial charge on any atom is 0.151 e. The van der Waals surface area contributed by atoms with Gasteiger partial charge in [-0.25, -0.2) is 0 Å². The smallest absolute Gasteiger partial charge is 0.151 e. The molecule has 1 fully saturated rings. The second-order valence-electron chi connectivity index (χ2n) is 2.58. The van der Waals surface area contributed by atoms with E-state index in [4.69, 9.17) is 10.5 Å². The lowest BCUT2D eigenvalue weighted by atomic mass is 9.98. The van der Waals surface area contributed by atoms with E-state index < -0.39 is 0 Å². The van der Waals surface area contributed by atoms with E-state index in [1.54, 1.807) is 0 Å². The van der Waals surface area contributed by atoms with E-state index in [2.05, 4.69) is 0 Å². The molecule has 0 aliphatic carbocycles. The van der Waals surface area contributed by atoms with E-state index in [-0.39, 0.29) is 30.7 Å². The molecule has 0 aromatic carbocycles. The highest BCUT2D eigenvalue weighted by atomic mass is 35.5. The lowest BCUT2D eigenvalue weighted by molar-refractivity contribution is -0.125. The molecule has 1 unspecified atom stereocenters. The van der Waals surface area contributed by atoms with Crippen LogP contribution >= 0.6 is 12.4 Å². The highest BCUT2D eigenvalue weighted by Crippen LogP contribution is 2.13. The first kappa shape index (κ1) is 10.9. The number of halogens is 1. The number of nitrogens with two attached hydrogens (primary N) is 1. The molecule has 3 nitrogen and oxygen atoms in total. The lowest BCUT2D eigenvalue weighted by Gasteiger charge is -2.19. The predicted molar refractivity (Wildman–Crippen MR) is 44.9 cm³/mol. The molecular weight excluding hydrogens is 166 g/mol. The van der Waals surface area contributed by atoms with Crippen LogP contribution in [0.1, 0.15) is 12.8 Å². The molecule has 1 atom stereocenters. The fourth-order valence-corrected chi connectivity index (χ4v) is 1.16. The molecule has 1 aliphatic heterocycles. The first-order valence-electron chi connectivity index (χ1n) is 3.65. The van der Waals surface area contributed by atoms with Crippen LogP contribution in [0, 0.1) is 5.92 Å². The average molecular weight is 180 g/mol. The summed E-state index contributed by atoms with van der Waals surface area (Å²) in [5.74, 6) is 0.221. The molecule has 1 aliphatic rings. The Morgan fingerprint density at radius 3 is 2.82 bits per heavy atom. The summed E-state index contributed by atoms with van der Waals surface area (Å²) >= 11 is 0. The van der Waals surface area contributed by atoms with Gasteiger partial charge >= 0.3 is 0 Å². The van der Waals surface area contributed by atoms with Crippen LogP contribution in [0.3, 0.4) is 0 Å². The minimum absolute atomic E-state index is 0. The predicted octanol–water partition coefficient (Wildman–Crippen LogP) is 0.363. The quantitative estimate of drug-likeness (QED) is 0.666. The van der Waals surface area contributed by atoms with Crippen molar-refractivity contribution in [3.8, 4) is 0 Å². The van der Waals surface area contributed by atoms with Gasteiger partial charge in [0.05, 0.1) is 13.2 Å². The molecule has 0 saturated carbocycles. The number of hydrogen-bond donors (Lipinski definition) is 1. The number of carbonyl (C=O) groups excluding carboxylic acids is 1. The number of rotatable bonds is 2. The third-order valence-electron chi connectivity index (χ3n) is 1.82. The zero-order valence-corrected chi connectivity index (χ0v) is 7.23. The summed E-state index contributed by atoms with van der Waals surface area (Å²) in [6, 6.07) is 0. The Kier molecular flexibility index (Phi) is 5.46. The molecule has 0 aromatic rings. The zero-order valence-electron chi connectivity index (χ0n) is 6.41. The highest BCUT2D eigenvalue weighted by Gasteiger charge is 2.19. The van der Waals surface area contributed by atoms with E-state index in [0.717, 1.165) is 19.4 Å². The van der Waals surface area contributed by atoms with Gasteiger partial charge in [-0.05, 0) is 12.8 Å². The third kappa shape index (κ3) is 3.18. The molecule has 66 valence electrons. The molecule has 0 radical (unpaired) electrons. The Morgan fingerprint density at radius 1 is 1.64 bits per heavy atom. The summed E-state index contributed by atoms with van der Waals surface area (Å²) in [7, 11) is 0. The summed E-state index contributed by atoms with van der Waals surface area (Å²) in [5.41, 5.74) is 5.20. The molecule has 2 N–H and O–H groups in total. The van der Waals surface area contributed by atoms with Crippen molar-refractivity contribution in [3.63, 3.8) is 0 Å². The van der Waals surface area contributed by atoms with Crippen LogP contribution in [0.25, 0.3) is 0 Å². The molecule has 0 spiro atoms. The van der Waals surface area contributed by atoms with Crippen LogP contribution in [0.5, 0.6) is 0 Å².